The Morgan fingerprint density at radius 2 is 2.14 bits per heavy atom. The summed E-state index contributed by atoms with van der Waals surface area (Å²) in [7, 11) is 0. The van der Waals surface area contributed by atoms with Crippen molar-refractivity contribution in [1.29, 1.82) is 0 Å². The summed E-state index contributed by atoms with van der Waals surface area (Å²) in [6, 6.07) is 8.88. The lowest BCUT2D eigenvalue weighted by molar-refractivity contribution is 0.200. The van der Waals surface area contributed by atoms with Crippen molar-refractivity contribution in [3.8, 4) is 5.75 Å². The highest BCUT2D eigenvalue weighted by atomic mass is 19.1. The van der Waals surface area contributed by atoms with Crippen LogP contribution in [0.5, 0.6) is 5.75 Å². The molecule has 1 atom stereocenters. The van der Waals surface area contributed by atoms with E-state index in [1.54, 1.807) is 22.8 Å². The monoisotopic (exact) mass is 381 g/mol. The maximum Gasteiger partial charge on any atom is 0.413 e. The van der Waals surface area contributed by atoms with Crippen molar-refractivity contribution in [3.63, 3.8) is 0 Å². The highest BCUT2D eigenvalue weighted by Gasteiger charge is 2.28. The second-order valence-electron chi connectivity index (χ2n) is 7.28. The summed E-state index contributed by atoms with van der Waals surface area (Å²) in [6.45, 7) is 0.830. The zero-order chi connectivity index (χ0) is 19.1. The van der Waals surface area contributed by atoms with E-state index in [0.29, 0.717) is 11.4 Å². The number of anilines is 1. The number of benzene rings is 1. The molecule has 3 aromatic rings. The van der Waals surface area contributed by atoms with Crippen molar-refractivity contribution >= 4 is 17.6 Å². The number of carbonyl (C=O) groups excluding carboxylic acids is 1. The van der Waals surface area contributed by atoms with Crippen LogP contribution in [-0.2, 0) is 0 Å². The predicted molar refractivity (Wildman–Crippen MR) is 101 cm³/mol. The number of nitrogens with zero attached hydrogens (tertiary/aromatic N) is 4. The molecule has 1 saturated carbocycles. The molecule has 7 nitrogen and oxygen atoms in total. The lowest BCUT2D eigenvalue weighted by atomic mass is 10.0. The van der Waals surface area contributed by atoms with E-state index in [2.05, 4.69) is 15.3 Å². The molecule has 1 aliphatic heterocycles. The molecule has 0 spiro atoms. The Morgan fingerprint density at radius 3 is 2.96 bits per heavy atom. The van der Waals surface area contributed by atoms with Crippen LogP contribution in [0.1, 0.15) is 37.3 Å². The minimum Gasteiger partial charge on any atom is -0.405 e. The topological polar surface area (TPSA) is 71.8 Å². The number of aromatic nitrogens is 3. The molecule has 0 unspecified atom stereocenters. The summed E-state index contributed by atoms with van der Waals surface area (Å²) in [5.74, 6) is 0.842. The first kappa shape index (κ1) is 17.0. The third kappa shape index (κ3) is 3.26. The van der Waals surface area contributed by atoms with E-state index in [-0.39, 0.29) is 17.9 Å². The minimum absolute atomic E-state index is 0.0658. The van der Waals surface area contributed by atoms with E-state index in [9.17, 15) is 9.18 Å². The van der Waals surface area contributed by atoms with Gasteiger partial charge in [0.15, 0.2) is 5.75 Å². The number of halogens is 1. The third-order valence-corrected chi connectivity index (χ3v) is 5.20. The number of hydrogen-bond donors (Lipinski definition) is 1. The molecule has 1 aliphatic carbocycles. The number of carbonyl (C=O) groups is 1. The first-order chi connectivity index (χ1) is 13.7. The molecule has 2 aliphatic rings. The largest absolute Gasteiger partial charge is 0.413 e. The molecule has 2 fully saturated rings. The zero-order valence-corrected chi connectivity index (χ0v) is 15.2. The third-order valence-electron chi connectivity index (χ3n) is 5.20. The van der Waals surface area contributed by atoms with Gasteiger partial charge in [0.1, 0.15) is 11.6 Å². The van der Waals surface area contributed by atoms with Crippen molar-refractivity contribution in [2.45, 2.75) is 37.8 Å². The first-order valence-corrected chi connectivity index (χ1v) is 9.52. The number of nitrogens with one attached hydrogen (secondary N) is 1. The fraction of sp³-hybridized carbons (Fsp3) is 0.350. The molecule has 2 aromatic heterocycles. The molecule has 1 aromatic carbocycles. The van der Waals surface area contributed by atoms with Crippen LogP contribution in [0.15, 0.2) is 42.7 Å². The average molecular weight is 381 g/mol. The van der Waals surface area contributed by atoms with Crippen LogP contribution in [0.3, 0.4) is 0 Å². The van der Waals surface area contributed by atoms with Gasteiger partial charge >= 0.3 is 6.09 Å². The van der Waals surface area contributed by atoms with Crippen molar-refractivity contribution in [2.24, 2.45) is 0 Å². The highest BCUT2D eigenvalue weighted by Crippen LogP contribution is 2.36. The number of amides is 1. The normalized spacial score (nSPS) is 19.2. The summed E-state index contributed by atoms with van der Waals surface area (Å²) in [6.07, 6.45) is 6.72. The van der Waals surface area contributed by atoms with Gasteiger partial charge in [0.2, 0.25) is 5.65 Å². The second-order valence-corrected chi connectivity index (χ2v) is 7.28. The van der Waals surface area contributed by atoms with Gasteiger partial charge in [-0.15, -0.1) is 0 Å². The molecular weight excluding hydrogens is 361 g/mol. The molecular formula is C20H20FN5O2. The van der Waals surface area contributed by atoms with E-state index in [0.717, 1.165) is 43.6 Å². The molecule has 1 saturated heterocycles. The summed E-state index contributed by atoms with van der Waals surface area (Å²) in [5.41, 5.74) is 1.42. The molecule has 28 heavy (non-hydrogen) atoms. The first-order valence-electron chi connectivity index (χ1n) is 9.52. The van der Waals surface area contributed by atoms with Gasteiger partial charge in [-0.3, -0.25) is 0 Å². The number of rotatable bonds is 4. The lowest BCUT2D eigenvalue weighted by Crippen LogP contribution is -2.28. The SMILES string of the molecule is O=C(NC1CC1)Oc1cnn2ccc(N3CCC[C@@H]3c3cccc(F)c3)nc12. The van der Waals surface area contributed by atoms with Gasteiger partial charge in [-0.1, -0.05) is 12.1 Å². The van der Waals surface area contributed by atoms with E-state index < -0.39 is 6.09 Å². The Bertz CT molecular complexity index is 1030. The van der Waals surface area contributed by atoms with E-state index in [1.165, 1.54) is 12.3 Å². The van der Waals surface area contributed by atoms with E-state index in [4.69, 9.17) is 9.72 Å². The minimum atomic E-state index is -0.483. The van der Waals surface area contributed by atoms with Gasteiger partial charge in [-0.2, -0.15) is 5.10 Å². The molecule has 0 bridgehead atoms. The Hall–Kier alpha value is -3.16. The highest BCUT2D eigenvalue weighted by molar-refractivity contribution is 5.74. The molecule has 8 heteroatoms. The summed E-state index contributed by atoms with van der Waals surface area (Å²) >= 11 is 0. The zero-order valence-electron chi connectivity index (χ0n) is 15.2. The Kier molecular flexibility index (Phi) is 4.11. The summed E-state index contributed by atoms with van der Waals surface area (Å²) in [4.78, 5) is 18.8. The van der Waals surface area contributed by atoms with E-state index in [1.807, 2.05) is 12.1 Å². The summed E-state index contributed by atoms with van der Waals surface area (Å²) < 4.78 is 20.7. The molecule has 5 rings (SSSR count). The molecule has 1 amide bonds. The number of hydrogen-bond acceptors (Lipinski definition) is 5. The van der Waals surface area contributed by atoms with Crippen LogP contribution in [0.4, 0.5) is 15.0 Å². The molecule has 144 valence electrons. The van der Waals surface area contributed by atoms with Crippen LogP contribution in [0, 0.1) is 5.82 Å². The van der Waals surface area contributed by atoms with Crippen LogP contribution < -0.4 is 15.0 Å². The fourth-order valence-corrected chi connectivity index (χ4v) is 3.70. The lowest BCUT2D eigenvalue weighted by Gasteiger charge is -2.26. The molecule has 1 N–H and O–H groups in total. The Labute approximate surface area is 161 Å². The van der Waals surface area contributed by atoms with Crippen molar-refractivity contribution in [1.82, 2.24) is 19.9 Å². The van der Waals surface area contributed by atoms with Crippen LogP contribution in [-0.4, -0.2) is 33.3 Å². The molecule has 0 radical (unpaired) electrons. The van der Waals surface area contributed by atoms with Gasteiger partial charge in [0.05, 0.1) is 12.2 Å². The van der Waals surface area contributed by atoms with Gasteiger partial charge in [0.25, 0.3) is 0 Å². The fourth-order valence-electron chi connectivity index (χ4n) is 3.70. The van der Waals surface area contributed by atoms with Gasteiger partial charge in [-0.05, 0) is 49.4 Å². The summed E-state index contributed by atoms with van der Waals surface area (Å²) in [5, 5.41) is 6.99. The van der Waals surface area contributed by atoms with Gasteiger partial charge in [-0.25, -0.2) is 18.7 Å². The van der Waals surface area contributed by atoms with Crippen molar-refractivity contribution in [2.75, 3.05) is 11.4 Å². The van der Waals surface area contributed by atoms with Crippen molar-refractivity contribution in [3.05, 3.63) is 54.1 Å². The van der Waals surface area contributed by atoms with Crippen LogP contribution in [0.2, 0.25) is 0 Å². The quantitative estimate of drug-likeness (QED) is 0.749. The number of ether oxygens (including phenoxy) is 1. The Morgan fingerprint density at radius 1 is 1.25 bits per heavy atom. The van der Waals surface area contributed by atoms with Crippen molar-refractivity contribution < 1.29 is 13.9 Å². The average Bonchev–Trinajstić information content (AvgIpc) is 3.21. The van der Waals surface area contributed by atoms with Gasteiger partial charge < -0.3 is 15.0 Å². The van der Waals surface area contributed by atoms with Crippen LogP contribution >= 0.6 is 0 Å². The smallest absolute Gasteiger partial charge is 0.405 e. The maximum absolute atomic E-state index is 13.7. The maximum atomic E-state index is 13.7. The standard InChI is InChI=1S/C20H20FN5O2/c21-14-4-1-3-13(11-14)16-5-2-9-25(16)18-8-10-26-19(24-18)17(12-22-26)28-20(27)23-15-6-7-15/h1,3-4,8,10-12,15-16H,2,5-7,9H2,(H,23,27)/t16-/m1/s1. The second kappa shape index (κ2) is 6.78. The van der Waals surface area contributed by atoms with E-state index >= 15 is 0 Å². The Balaban J connectivity index is 1.43. The van der Waals surface area contributed by atoms with Crippen LogP contribution in [0.25, 0.3) is 5.65 Å². The predicted octanol–water partition coefficient (Wildman–Crippen LogP) is 3.46. The molecule has 3 heterocycles. The van der Waals surface area contributed by atoms with Gasteiger partial charge in [0, 0.05) is 18.8 Å². The number of fused-ring (bicyclic) bond motifs is 1.